The van der Waals surface area contributed by atoms with Gasteiger partial charge in [-0.15, -0.1) is 0 Å². The third-order valence-electron chi connectivity index (χ3n) is 3.60. The third-order valence-corrected chi connectivity index (χ3v) is 4.34. The van der Waals surface area contributed by atoms with E-state index in [0.29, 0.717) is 15.6 Å². The van der Waals surface area contributed by atoms with Gasteiger partial charge in [0.15, 0.2) is 0 Å². The van der Waals surface area contributed by atoms with Crippen molar-refractivity contribution in [1.82, 2.24) is 4.98 Å². The Morgan fingerprint density at radius 3 is 2.08 bits per heavy atom. The van der Waals surface area contributed by atoms with Gasteiger partial charge in [0, 0.05) is 18.0 Å². The molecule has 3 rings (SSSR count). The summed E-state index contributed by atoms with van der Waals surface area (Å²) in [6.07, 6.45) is 3.42. The van der Waals surface area contributed by atoms with E-state index in [2.05, 4.69) is 11.1 Å². The van der Waals surface area contributed by atoms with Crippen molar-refractivity contribution in [2.75, 3.05) is 0 Å². The minimum atomic E-state index is 0.420. The summed E-state index contributed by atoms with van der Waals surface area (Å²) in [6, 6.07) is 21.1. The van der Waals surface area contributed by atoms with Crippen LogP contribution in [-0.2, 0) is 0 Å². The number of benzene rings is 2. The van der Waals surface area contributed by atoms with E-state index in [0.717, 1.165) is 22.3 Å². The number of allylic oxidation sites excluding steroid dienone is 1. The Bertz CT molecular complexity index is 885. The molecule has 0 fully saturated rings. The number of aromatic nitrogens is 1. The van der Waals surface area contributed by atoms with Crippen LogP contribution in [-0.4, -0.2) is 4.98 Å². The quantitative estimate of drug-likeness (QED) is 0.437. The first-order valence-electron chi connectivity index (χ1n) is 7.26. The minimum absolute atomic E-state index is 0.420. The summed E-state index contributed by atoms with van der Waals surface area (Å²) in [4.78, 5) is 4.06. The smallest absolute Gasteiger partial charge is 0.100 e. The first-order chi connectivity index (χ1) is 11.7. The van der Waals surface area contributed by atoms with Crippen LogP contribution in [0.15, 0.2) is 73.1 Å². The number of nitrogens with zero attached hydrogens (tertiary/aromatic N) is 2. The van der Waals surface area contributed by atoms with Gasteiger partial charge in [-0.05, 0) is 41.0 Å². The van der Waals surface area contributed by atoms with E-state index >= 15 is 0 Å². The summed E-state index contributed by atoms with van der Waals surface area (Å²) in [5.74, 6) is 0. The van der Waals surface area contributed by atoms with Gasteiger partial charge in [0.2, 0.25) is 0 Å². The Labute approximate surface area is 150 Å². The van der Waals surface area contributed by atoms with E-state index in [1.54, 1.807) is 30.6 Å². The molecule has 0 spiro atoms. The molecule has 0 bridgehead atoms. The average Bonchev–Trinajstić information content (AvgIpc) is 2.63. The van der Waals surface area contributed by atoms with Crippen molar-refractivity contribution in [3.05, 3.63) is 99.8 Å². The average molecular weight is 351 g/mol. The van der Waals surface area contributed by atoms with Crippen LogP contribution in [0.1, 0.15) is 16.7 Å². The highest BCUT2D eigenvalue weighted by molar-refractivity contribution is 6.42. The molecule has 0 amide bonds. The lowest BCUT2D eigenvalue weighted by Crippen LogP contribution is -1.94. The molecule has 1 heterocycles. The molecule has 0 radical (unpaired) electrons. The molecule has 3 aromatic rings. The van der Waals surface area contributed by atoms with Gasteiger partial charge >= 0.3 is 0 Å². The molecule has 0 atom stereocenters. The molecule has 24 heavy (non-hydrogen) atoms. The van der Waals surface area contributed by atoms with Crippen molar-refractivity contribution in [3.63, 3.8) is 0 Å². The van der Waals surface area contributed by atoms with Gasteiger partial charge in [-0.3, -0.25) is 4.98 Å². The first kappa shape index (κ1) is 16.3. The van der Waals surface area contributed by atoms with Crippen molar-refractivity contribution in [2.24, 2.45) is 0 Å². The second-order valence-electron chi connectivity index (χ2n) is 5.09. The molecule has 1 aromatic heterocycles. The van der Waals surface area contributed by atoms with Gasteiger partial charge in [0.05, 0.1) is 15.6 Å². The fourth-order valence-electron chi connectivity index (χ4n) is 2.50. The van der Waals surface area contributed by atoms with E-state index < -0.39 is 0 Å². The minimum Gasteiger partial charge on any atom is -0.265 e. The lowest BCUT2D eigenvalue weighted by Gasteiger charge is -2.12. The molecule has 0 aliphatic carbocycles. The molecular weight excluding hydrogens is 339 g/mol. The lowest BCUT2D eigenvalue weighted by atomic mass is 9.90. The lowest BCUT2D eigenvalue weighted by molar-refractivity contribution is 1.31. The van der Waals surface area contributed by atoms with Crippen LogP contribution in [0.4, 0.5) is 0 Å². The number of hydrogen-bond acceptors (Lipinski definition) is 2. The van der Waals surface area contributed by atoms with Gasteiger partial charge in [-0.2, -0.15) is 5.26 Å². The summed E-state index contributed by atoms with van der Waals surface area (Å²) in [5, 5.41) is 10.7. The van der Waals surface area contributed by atoms with Gasteiger partial charge in [-0.25, -0.2) is 0 Å². The van der Waals surface area contributed by atoms with Crippen LogP contribution in [0.25, 0.3) is 11.1 Å². The highest BCUT2D eigenvalue weighted by Crippen LogP contribution is 2.34. The molecule has 0 N–H and O–H groups in total. The number of nitriles is 1. The highest BCUT2D eigenvalue weighted by Gasteiger charge is 2.14. The summed E-state index contributed by atoms with van der Waals surface area (Å²) >= 11 is 12.1. The predicted octanol–water partition coefficient (Wildman–Crippen LogP) is 5.87. The Morgan fingerprint density at radius 2 is 1.46 bits per heavy atom. The van der Waals surface area contributed by atoms with Crippen molar-refractivity contribution < 1.29 is 0 Å². The van der Waals surface area contributed by atoms with Gasteiger partial charge in [0.25, 0.3) is 0 Å². The summed E-state index contributed by atoms with van der Waals surface area (Å²) in [5.41, 5.74) is 3.96. The van der Waals surface area contributed by atoms with E-state index in [-0.39, 0.29) is 0 Å². The van der Waals surface area contributed by atoms with Gasteiger partial charge < -0.3 is 0 Å². The topological polar surface area (TPSA) is 36.7 Å². The van der Waals surface area contributed by atoms with Crippen molar-refractivity contribution in [3.8, 4) is 6.07 Å². The second-order valence-corrected chi connectivity index (χ2v) is 5.91. The third kappa shape index (κ3) is 3.33. The Kier molecular flexibility index (Phi) is 4.96. The van der Waals surface area contributed by atoms with Crippen LogP contribution in [0.3, 0.4) is 0 Å². The second kappa shape index (κ2) is 7.31. The normalized spacial score (nSPS) is 11.5. The van der Waals surface area contributed by atoms with E-state index in [9.17, 15) is 5.26 Å². The fraction of sp³-hybridized carbons (Fsp3) is 0. The van der Waals surface area contributed by atoms with Crippen molar-refractivity contribution >= 4 is 34.3 Å². The van der Waals surface area contributed by atoms with Gasteiger partial charge in [0.1, 0.15) is 6.07 Å². The fourth-order valence-corrected chi connectivity index (χ4v) is 2.79. The monoisotopic (exact) mass is 350 g/mol. The van der Waals surface area contributed by atoms with Gasteiger partial charge in [-0.1, -0.05) is 59.6 Å². The maximum Gasteiger partial charge on any atom is 0.100 e. The highest BCUT2D eigenvalue weighted by atomic mass is 35.5. The molecule has 0 aliphatic rings. The van der Waals surface area contributed by atoms with E-state index in [1.165, 1.54) is 0 Å². The molecule has 4 heteroatoms. The van der Waals surface area contributed by atoms with Crippen molar-refractivity contribution in [1.29, 1.82) is 5.26 Å². The first-order valence-corrected chi connectivity index (χ1v) is 8.02. The largest absolute Gasteiger partial charge is 0.265 e. The van der Waals surface area contributed by atoms with Crippen LogP contribution in [0, 0.1) is 11.3 Å². The Balaban J connectivity index is 2.31. The Hall–Kier alpha value is -2.60. The zero-order valence-corrected chi connectivity index (χ0v) is 14.1. The zero-order chi connectivity index (χ0) is 16.9. The van der Waals surface area contributed by atoms with Crippen LogP contribution >= 0.6 is 23.2 Å². The number of pyridine rings is 1. The maximum absolute atomic E-state index is 9.83. The molecular formula is C20H12Cl2N2. The molecule has 2 nitrogen and oxygen atoms in total. The molecule has 0 saturated heterocycles. The SMILES string of the molecule is N#C/C(=C(\c1ccccc1)c1ccncc1)c1ccc(Cl)c(Cl)c1. The molecule has 116 valence electrons. The molecule has 0 unspecified atom stereocenters. The van der Waals surface area contributed by atoms with E-state index in [4.69, 9.17) is 23.2 Å². The summed E-state index contributed by atoms with van der Waals surface area (Å²) in [7, 11) is 0. The van der Waals surface area contributed by atoms with Crippen LogP contribution in [0.2, 0.25) is 10.0 Å². The Morgan fingerprint density at radius 1 is 0.792 bits per heavy atom. The van der Waals surface area contributed by atoms with E-state index in [1.807, 2.05) is 42.5 Å². The van der Waals surface area contributed by atoms with Crippen LogP contribution < -0.4 is 0 Å². The summed E-state index contributed by atoms with van der Waals surface area (Å²) in [6.45, 7) is 0. The molecule has 0 saturated carbocycles. The van der Waals surface area contributed by atoms with Crippen LogP contribution in [0.5, 0.6) is 0 Å². The zero-order valence-electron chi connectivity index (χ0n) is 12.6. The maximum atomic E-state index is 9.83. The van der Waals surface area contributed by atoms with Crippen molar-refractivity contribution in [2.45, 2.75) is 0 Å². The summed E-state index contributed by atoms with van der Waals surface area (Å²) < 4.78 is 0. The standard InChI is InChI=1S/C20H12Cl2N2/c21-18-7-6-16(12-19(18)22)17(13-23)20(14-4-2-1-3-5-14)15-8-10-24-11-9-15/h1-12H/b20-17-. The number of hydrogen-bond donors (Lipinski definition) is 0. The number of rotatable bonds is 3. The molecule has 2 aromatic carbocycles. The predicted molar refractivity (Wildman–Crippen MR) is 98.7 cm³/mol. The number of halogens is 2. The molecule has 0 aliphatic heterocycles.